The monoisotopic (exact) mass is 410 g/mol. The van der Waals surface area contributed by atoms with E-state index in [9.17, 15) is 0 Å². The zero-order valence-electron chi connectivity index (χ0n) is 16.5. The van der Waals surface area contributed by atoms with Crippen LogP contribution in [0.15, 0.2) is 60.1 Å². The fourth-order valence-electron chi connectivity index (χ4n) is 3.90. The summed E-state index contributed by atoms with van der Waals surface area (Å²) in [6, 6.07) is 16.8. The summed E-state index contributed by atoms with van der Waals surface area (Å²) in [4.78, 5) is 14.1. The lowest BCUT2D eigenvalue weighted by atomic mass is 10.1. The van der Waals surface area contributed by atoms with Gasteiger partial charge in [0, 0.05) is 28.4 Å². The van der Waals surface area contributed by atoms with Crippen LogP contribution in [0.5, 0.6) is 0 Å². The number of hydrogen-bond donors (Lipinski definition) is 2. The summed E-state index contributed by atoms with van der Waals surface area (Å²) >= 11 is 1.75. The Morgan fingerprint density at radius 1 is 1.03 bits per heavy atom. The van der Waals surface area contributed by atoms with E-state index >= 15 is 0 Å². The zero-order chi connectivity index (χ0) is 20.2. The van der Waals surface area contributed by atoms with E-state index in [-0.39, 0.29) is 0 Å². The van der Waals surface area contributed by atoms with E-state index in [0.29, 0.717) is 0 Å². The van der Waals surface area contributed by atoms with Gasteiger partial charge in [-0.2, -0.15) is 5.10 Å². The quantitative estimate of drug-likeness (QED) is 0.402. The number of nitrogens with zero attached hydrogens (tertiary/aromatic N) is 4. The lowest BCUT2D eigenvalue weighted by molar-refractivity contribution is 0.862. The highest BCUT2D eigenvalue weighted by molar-refractivity contribution is 7.13. The Bertz CT molecular complexity index is 1520. The number of hydrogen-bond acceptors (Lipinski definition) is 4. The standard InChI is InChI=1S/C23H18N6S/c1-13-24-12-20(29(13)2)17-8-9-18-22(26-17)23(28-27-18)19-11-15-14(21-7-4-10-30-21)5-3-6-16(15)25-19/h3-12,25H,1-2H3,(H,27,28). The topological polar surface area (TPSA) is 75.2 Å². The van der Waals surface area contributed by atoms with E-state index in [1.165, 1.54) is 15.8 Å². The molecule has 5 heterocycles. The van der Waals surface area contributed by atoms with Gasteiger partial charge in [0.15, 0.2) is 0 Å². The first kappa shape index (κ1) is 17.2. The number of fused-ring (bicyclic) bond motifs is 2. The summed E-state index contributed by atoms with van der Waals surface area (Å²) < 4.78 is 2.05. The second-order valence-corrected chi connectivity index (χ2v) is 8.29. The smallest absolute Gasteiger partial charge is 0.135 e. The zero-order valence-corrected chi connectivity index (χ0v) is 17.3. The molecular weight excluding hydrogens is 392 g/mol. The van der Waals surface area contributed by atoms with Crippen LogP contribution in [0.4, 0.5) is 0 Å². The Hall–Kier alpha value is -3.71. The number of aromatic nitrogens is 6. The van der Waals surface area contributed by atoms with Gasteiger partial charge in [-0.05, 0) is 42.6 Å². The molecule has 0 amide bonds. The van der Waals surface area contributed by atoms with Crippen LogP contribution in [0, 0.1) is 6.92 Å². The van der Waals surface area contributed by atoms with Gasteiger partial charge in [0.05, 0.1) is 28.8 Å². The summed E-state index contributed by atoms with van der Waals surface area (Å²) in [7, 11) is 2.00. The predicted molar refractivity (Wildman–Crippen MR) is 121 cm³/mol. The highest BCUT2D eigenvalue weighted by atomic mass is 32.1. The molecule has 0 bridgehead atoms. The Morgan fingerprint density at radius 3 is 2.77 bits per heavy atom. The Balaban J connectivity index is 1.53. The van der Waals surface area contributed by atoms with Crippen LogP contribution in [0.1, 0.15) is 5.82 Å². The van der Waals surface area contributed by atoms with Gasteiger partial charge < -0.3 is 9.55 Å². The summed E-state index contributed by atoms with van der Waals surface area (Å²) in [5.41, 5.74) is 7.70. The van der Waals surface area contributed by atoms with Crippen molar-refractivity contribution in [3.8, 4) is 33.2 Å². The van der Waals surface area contributed by atoms with Crippen LogP contribution in [0.25, 0.3) is 55.2 Å². The highest BCUT2D eigenvalue weighted by Gasteiger charge is 2.16. The molecule has 0 atom stereocenters. The molecule has 30 heavy (non-hydrogen) atoms. The Kier molecular flexibility index (Phi) is 3.66. The molecule has 7 heteroatoms. The molecule has 6 rings (SSSR count). The van der Waals surface area contributed by atoms with Crippen molar-refractivity contribution < 1.29 is 0 Å². The van der Waals surface area contributed by atoms with Crippen molar-refractivity contribution in [1.82, 2.24) is 29.7 Å². The third-order valence-electron chi connectivity index (χ3n) is 5.60. The van der Waals surface area contributed by atoms with Crippen LogP contribution in [0.2, 0.25) is 0 Å². The average molecular weight is 411 g/mol. The Labute approximate surface area is 176 Å². The van der Waals surface area contributed by atoms with Crippen molar-refractivity contribution in [2.45, 2.75) is 6.92 Å². The van der Waals surface area contributed by atoms with E-state index < -0.39 is 0 Å². The highest BCUT2D eigenvalue weighted by Crippen LogP contribution is 2.35. The van der Waals surface area contributed by atoms with Crippen molar-refractivity contribution in [1.29, 1.82) is 0 Å². The van der Waals surface area contributed by atoms with E-state index in [2.05, 4.69) is 61.9 Å². The maximum absolute atomic E-state index is 4.93. The normalized spacial score (nSPS) is 11.7. The average Bonchev–Trinajstić information content (AvgIpc) is 3.54. The molecule has 0 aliphatic rings. The molecule has 6 nitrogen and oxygen atoms in total. The molecular formula is C23H18N6S. The predicted octanol–water partition coefficient (Wildman–Crippen LogP) is 5.54. The lowest BCUT2D eigenvalue weighted by Gasteiger charge is -2.03. The number of aryl methyl sites for hydroxylation is 1. The molecule has 0 aliphatic carbocycles. The molecule has 0 saturated carbocycles. The molecule has 0 saturated heterocycles. The van der Waals surface area contributed by atoms with E-state index in [4.69, 9.17) is 4.98 Å². The van der Waals surface area contributed by atoms with Crippen molar-refractivity contribution in [3.05, 3.63) is 65.9 Å². The molecule has 0 spiro atoms. The number of thiophene rings is 1. The molecule has 0 fully saturated rings. The van der Waals surface area contributed by atoms with Gasteiger partial charge in [-0.1, -0.05) is 18.2 Å². The molecule has 0 unspecified atom stereocenters. The summed E-state index contributed by atoms with van der Waals surface area (Å²) in [5.74, 6) is 0.955. The molecule has 0 radical (unpaired) electrons. The molecule has 146 valence electrons. The Morgan fingerprint density at radius 2 is 1.97 bits per heavy atom. The van der Waals surface area contributed by atoms with Gasteiger partial charge in [0.2, 0.25) is 0 Å². The molecule has 5 aromatic heterocycles. The van der Waals surface area contributed by atoms with Crippen molar-refractivity contribution in [2.24, 2.45) is 7.05 Å². The molecule has 2 N–H and O–H groups in total. The third kappa shape index (κ3) is 2.52. The summed E-state index contributed by atoms with van der Waals surface area (Å²) in [5, 5.41) is 11.0. The van der Waals surface area contributed by atoms with Crippen molar-refractivity contribution in [2.75, 3.05) is 0 Å². The maximum atomic E-state index is 4.93. The second kappa shape index (κ2) is 6.40. The van der Waals surface area contributed by atoms with Crippen molar-refractivity contribution >= 4 is 33.3 Å². The van der Waals surface area contributed by atoms with E-state index in [1.807, 2.05) is 36.9 Å². The molecule has 1 aromatic carbocycles. The summed E-state index contributed by atoms with van der Waals surface area (Å²) in [6.45, 7) is 1.99. The lowest BCUT2D eigenvalue weighted by Crippen LogP contribution is -1.96. The SMILES string of the molecule is Cc1ncc(-c2ccc3[nH]nc(-c4cc5c(-c6cccs6)cccc5[nH]4)c3n2)n1C. The van der Waals surface area contributed by atoms with Gasteiger partial charge >= 0.3 is 0 Å². The van der Waals surface area contributed by atoms with Gasteiger partial charge in [-0.25, -0.2) is 9.97 Å². The molecule has 6 aromatic rings. The maximum Gasteiger partial charge on any atom is 0.135 e. The van der Waals surface area contributed by atoms with Gasteiger partial charge in [0.1, 0.15) is 17.0 Å². The molecule has 0 aliphatic heterocycles. The number of aromatic amines is 2. The van der Waals surface area contributed by atoms with Crippen molar-refractivity contribution in [3.63, 3.8) is 0 Å². The fourth-order valence-corrected chi connectivity index (χ4v) is 4.66. The number of pyridine rings is 1. The van der Waals surface area contributed by atoms with Gasteiger partial charge in [-0.15, -0.1) is 11.3 Å². The number of rotatable bonds is 3. The third-order valence-corrected chi connectivity index (χ3v) is 6.50. The first-order chi connectivity index (χ1) is 14.7. The van der Waals surface area contributed by atoms with E-state index in [1.54, 1.807) is 11.3 Å². The number of benzene rings is 1. The van der Waals surface area contributed by atoms with Crippen LogP contribution in [0.3, 0.4) is 0 Å². The minimum atomic E-state index is 0.819. The van der Waals surface area contributed by atoms with Crippen LogP contribution < -0.4 is 0 Å². The first-order valence-electron chi connectivity index (χ1n) is 9.69. The largest absolute Gasteiger partial charge is 0.353 e. The number of nitrogens with one attached hydrogen (secondary N) is 2. The van der Waals surface area contributed by atoms with Crippen LogP contribution >= 0.6 is 11.3 Å². The minimum absolute atomic E-state index is 0.819. The van der Waals surface area contributed by atoms with Gasteiger partial charge in [0.25, 0.3) is 0 Å². The second-order valence-electron chi connectivity index (χ2n) is 7.34. The van der Waals surface area contributed by atoms with Crippen LogP contribution in [-0.2, 0) is 7.05 Å². The fraction of sp³-hybridized carbons (Fsp3) is 0.0870. The first-order valence-corrected chi connectivity index (χ1v) is 10.6. The minimum Gasteiger partial charge on any atom is -0.353 e. The summed E-state index contributed by atoms with van der Waals surface area (Å²) in [6.07, 6.45) is 1.86. The number of H-pyrrole nitrogens is 2. The van der Waals surface area contributed by atoms with Gasteiger partial charge in [-0.3, -0.25) is 5.10 Å². The van der Waals surface area contributed by atoms with Crippen LogP contribution in [-0.4, -0.2) is 29.7 Å². The van der Waals surface area contributed by atoms with E-state index in [0.717, 1.165) is 45.2 Å². The number of imidazole rings is 1.